The minimum Gasteiger partial charge on any atom is -0.294 e. The zero-order valence-corrected chi connectivity index (χ0v) is 5.81. The summed E-state index contributed by atoms with van der Waals surface area (Å²) in [7, 11) is 0. The predicted octanol–water partition coefficient (Wildman–Crippen LogP) is 0.510. The molecule has 0 radical (unpaired) electrons. The first-order valence-electron chi connectivity index (χ1n) is 3.04. The van der Waals surface area contributed by atoms with Crippen molar-refractivity contribution in [2.45, 2.75) is 30.9 Å². The molecule has 8 heavy (non-hydrogen) atoms. The standard InChI is InChI=1S/C6H10OS/c7-5-3-1-2-4-6(5)8/h6,8H,1-4H2/p+1. The minimum atomic E-state index is 0.170. The summed E-state index contributed by atoms with van der Waals surface area (Å²) >= 11 is 3.35. The third kappa shape index (κ3) is 1.25. The molecule has 0 aromatic heterocycles. The van der Waals surface area contributed by atoms with Gasteiger partial charge in [0.1, 0.15) is 0 Å². The summed E-state index contributed by atoms with van der Waals surface area (Å²) in [6.07, 6.45) is 4.13. The Morgan fingerprint density at radius 1 is 1.50 bits per heavy atom. The Hall–Kier alpha value is 0.0200. The van der Waals surface area contributed by atoms with E-state index in [1.165, 1.54) is 6.42 Å². The zero-order chi connectivity index (χ0) is 5.98. The molecule has 0 bridgehead atoms. The van der Waals surface area contributed by atoms with Crippen LogP contribution < -0.4 is 0 Å². The number of hydrogen-bond acceptors (Lipinski definition) is 1. The Balaban J connectivity index is 2.39. The lowest BCUT2D eigenvalue weighted by Crippen LogP contribution is -2.21. The Bertz CT molecular complexity index is 101. The van der Waals surface area contributed by atoms with Gasteiger partial charge in [-0.1, -0.05) is 0 Å². The Morgan fingerprint density at radius 2 is 2.25 bits per heavy atom. The quantitative estimate of drug-likeness (QED) is 0.438. The fourth-order valence-electron chi connectivity index (χ4n) is 0.983. The Morgan fingerprint density at radius 3 is 2.62 bits per heavy atom. The molecular formula is C6H11OS+. The maximum Gasteiger partial charge on any atom is 0.184 e. The topological polar surface area (TPSA) is 17.1 Å². The van der Waals surface area contributed by atoms with E-state index >= 15 is 0 Å². The molecule has 1 fully saturated rings. The van der Waals surface area contributed by atoms with E-state index in [1.807, 2.05) is 0 Å². The lowest BCUT2D eigenvalue weighted by Gasteiger charge is -2.09. The summed E-state index contributed by atoms with van der Waals surface area (Å²) < 4.78 is 0. The van der Waals surface area contributed by atoms with E-state index < -0.39 is 0 Å². The van der Waals surface area contributed by atoms with E-state index in [9.17, 15) is 4.79 Å². The molecule has 0 saturated heterocycles. The third-order valence-electron chi connectivity index (χ3n) is 1.55. The fraction of sp³-hybridized carbons (Fsp3) is 0.833. The predicted molar refractivity (Wildman–Crippen MR) is 37.4 cm³/mol. The van der Waals surface area contributed by atoms with Crippen molar-refractivity contribution in [3.8, 4) is 0 Å². The van der Waals surface area contributed by atoms with Crippen molar-refractivity contribution in [2.75, 3.05) is 0 Å². The van der Waals surface area contributed by atoms with Gasteiger partial charge in [-0.15, -0.1) is 0 Å². The number of carbonyl (C=O) groups is 1. The molecule has 0 aliphatic heterocycles. The molecule has 1 saturated carbocycles. The fourth-order valence-corrected chi connectivity index (χ4v) is 1.33. The summed E-state index contributed by atoms with van der Waals surface area (Å²) in [5.41, 5.74) is 0. The Labute approximate surface area is 54.9 Å². The number of Topliss-reactive ketones (excluding diaryl/α,β-unsaturated/α-hetero) is 1. The van der Waals surface area contributed by atoms with Crippen molar-refractivity contribution in [1.82, 2.24) is 0 Å². The van der Waals surface area contributed by atoms with Gasteiger partial charge in [-0.05, 0) is 25.5 Å². The number of hydrogen-bond donors (Lipinski definition) is 0. The lowest BCUT2D eigenvalue weighted by molar-refractivity contribution is -0.119. The van der Waals surface area contributed by atoms with E-state index in [0.717, 1.165) is 19.3 Å². The third-order valence-corrected chi connectivity index (χ3v) is 2.17. The van der Waals surface area contributed by atoms with Gasteiger partial charge in [-0.2, -0.15) is 0 Å². The minimum absolute atomic E-state index is 0.170. The summed E-state index contributed by atoms with van der Waals surface area (Å²) in [6, 6.07) is 0. The van der Waals surface area contributed by atoms with Gasteiger partial charge in [-0.3, -0.25) is 4.79 Å². The molecule has 1 atom stereocenters. The van der Waals surface area contributed by atoms with Crippen LogP contribution in [0.5, 0.6) is 0 Å². The molecule has 1 unspecified atom stereocenters. The highest BCUT2D eigenvalue weighted by Gasteiger charge is 2.22. The highest BCUT2D eigenvalue weighted by Crippen LogP contribution is 2.14. The van der Waals surface area contributed by atoms with Crippen LogP contribution in [0.25, 0.3) is 0 Å². The molecular weight excluding hydrogens is 120 g/mol. The van der Waals surface area contributed by atoms with Crippen LogP contribution in [0.1, 0.15) is 25.7 Å². The second kappa shape index (κ2) is 2.53. The largest absolute Gasteiger partial charge is 0.294 e. The molecule has 0 amide bonds. The molecule has 1 aliphatic rings. The molecule has 46 valence electrons. The van der Waals surface area contributed by atoms with Gasteiger partial charge in [0, 0.05) is 12.8 Å². The van der Waals surface area contributed by atoms with Crippen LogP contribution in [-0.4, -0.2) is 11.0 Å². The van der Waals surface area contributed by atoms with Gasteiger partial charge in [0.25, 0.3) is 0 Å². The number of ketones is 1. The van der Waals surface area contributed by atoms with Crippen LogP contribution in [0.4, 0.5) is 0 Å². The second-order valence-electron chi connectivity index (χ2n) is 2.26. The smallest absolute Gasteiger partial charge is 0.184 e. The van der Waals surface area contributed by atoms with Crippen molar-refractivity contribution in [1.29, 1.82) is 0 Å². The number of rotatable bonds is 0. The first-order valence-corrected chi connectivity index (χ1v) is 3.62. The second-order valence-corrected chi connectivity index (χ2v) is 2.96. The van der Waals surface area contributed by atoms with Gasteiger partial charge in [0.05, 0.1) is 0 Å². The van der Waals surface area contributed by atoms with Gasteiger partial charge >= 0.3 is 0 Å². The van der Waals surface area contributed by atoms with Crippen LogP contribution in [0.15, 0.2) is 0 Å². The highest BCUT2D eigenvalue weighted by atomic mass is 32.1. The Kier molecular flexibility index (Phi) is 1.95. The van der Waals surface area contributed by atoms with Gasteiger partial charge < -0.3 is 0 Å². The van der Waals surface area contributed by atoms with Crippen molar-refractivity contribution in [3.05, 3.63) is 0 Å². The molecule has 0 aromatic rings. The van der Waals surface area contributed by atoms with Crippen molar-refractivity contribution in [3.63, 3.8) is 0 Å². The van der Waals surface area contributed by atoms with Crippen molar-refractivity contribution in [2.24, 2.45) is 0 Å². The number of carbonyl (C=O) groups excluding carboxylic acids is 1. The molecule has 0 heterocycles. The van der Waals surface area contributed by atoms with E-state index in [1.54, 1.807) is 0 Å². The van der Waals surface area contributed by atoms with Crippen LogP contribution in [0.2, 0.25) is 0 Å². The molecule has 2 heteroatoms. The molecule has 0 N–H and O–H groups in total. The van der Waals surface area contributed by atoms with E-state index in [-0.39, 0.29) is 5.25 Å². The normalized spacial score (nSPS) is 30.6. The summed E-state index contributed by atoms with van der Waals surface area (Å²) in [5.74, 6) is 0.382. The SMILES string of the molecule is O=C1CCCCC1[SH2+]. The summed E-state index contributed by atoms with van der Waals surface area (Å²) in [5, 5.41) is 0.170. The summed E-state index contributed by atoms with van der Waals surface area (Å²) in [4.78, 5) is 10.7. The van der Waals surface area contributed by atoms with Crippen LogP contribution in [-0.2, 0) is 17.4 Å². The summed E-state index contributed by atoms with van der Waals surface area (Å²) in [6.45, 7) is 0. The van der Waals surface area contributed by atoms with E-state index in [0.29, 0.717) is 5.78 Å². The first-order chi connectivity index (χ1) is 3.80. The maximum atomic E-state index is 10.7. The van der Waals surface area contributed by atoms with Gasteiger partial charge in [0.2, 0.25) is 0 Å². The molecule has 1 nitrogen and oxygen atoms in total. The lowest BCUT2D eigenvalue weighted by atomic mass is 9.99. The van der Waals surface area contributed by atoms with Crippen LogP contribution >= 0.6 is 0 Å². The van der Waals surface area contributed by atoms with Crippen LogP contribution in [0.3, 0.4) is 0 Å². The highest BCUT2D eigenvalue weighted by molar-refractivity contribution is 7.60. The van der Waals surface area contributed by atoms with Crippen LogP contribution in [0, 0.1) is 0 Å². The molecule has 1 rings (SSSR count). The van der Waals surface area contributed by atoms with Gasteiger partial charge in [-0.25, -0.2) is 0 Å². The average Bonchev–Trinajstić information content (AvgIpc) is 1.77. The molecule has 1 aliphatic carbocycles. The zero-order valence-electron chi connectivity index (χ0n) is 4.81. The van der Waals surface area contributed by atoms with E-state index in [2.05, 4.69) is 12.6 Å². The molecule has 0 spiro atoms. The van der Waals surface area contributed by atoms with Crippen molar-refractivity contribution < 1.29 is 4.79 Å². The first kappa shape index (κ1) is 6.14. The monoisotopic (exact) mass is 131 g/mol. The van der Waals surface area contributed by atoms with Crippen molar-refractivity contribution >= 4 is 18.4 Å². The van der Waals surface area contributed by atoms with Gasteiger partial charge in [0.15, 0.2) is 11.0 Å². The van der Waals surface area contributed by atoms with E-state index in [4.69, 9.17) is 0 Å². The average molecular weight is 131 g/mol. The molecule has 0 aromatic carbocycles. The maximum absolute atomic E-state index is 10.7.